The number of pyridine rings is 1. The largest absolute Gasteiger partial charge is 0.396 e. The van der Waals surface area contributed by atoms with Gasteiger partial charge in [-0.05, 0) is 36.4 Å². The zero-order valence-corrected chi connectivity index (χ0v) is 14.2. The van der Waals surface area contributed by atoms with E-state index in [2.05, 4.69) is 15.6 Å². The number of nitrogens with zero attached hydrogens (tertiary/aromatic N) is 1. The third-order valence-corrected chi connectivity index (χ3v) is 3.70. The number of carbonyl (C=O) groups is 2. The number of anilines is 3. The molecule has 0 unspecified atom stereocenters. The normalized spacial score (nSPS) is 10.2. The zero-order chi connectivity index (χ0) is 18.5. The van der Waals surface area contributed by atoms with Crippen LogP contribution in [0, 0.1) is 0 Å². The Morgan fingerprint density at radius 2 is 1.58 bits per heavy atom. The number of benzene rings is 2. The number of hydrogen-bond acceptors (Lipinski definition) is 4. The fraction of sp³-hybridized carbons (Fsp3) is 0.0500. The van der Waals surface area contributed by atoms with E-state index >= 15 is 0 Å². The average Bonchev–Trinajstić information content (AvgIpc) is 2.64. The molecule has 6 heteroatoms. The van der Waals surface area contributed by atoms with E-state index in [0.717, 1.165) is 11.3 Å². The molecular formula is C20H18N4O2. The van der Waals surface area contributed by atoms with Crippen LogP contribution in [0.15, 0.2) is 66.7 Å². The van der Waals surface area contributed by atoms with Gasteiger partial charge in [0, 0.05) is 23.7 Å². The first-order valence-corrected chi connectivity index (χ1v) is 8.04. The third kappa shape index (κ3) is 4.05. The summed E-state index contributed by atoms with van der Waals surface area (Å²) in [6.07, 6.45) is 0. The molecule has 2 amide bonds. The highest BCUT2D eigenvalue weighted by molar-refractivity contribution is 6.05. The van der Waals surface area contributed by atoms with E-state index in [1.807, 2.05) is 36.4 Å². The Kier molecular flexibility index (Phi) is 4.94. The van der Waals surface area contributed by atoms with Gasteiger partial charge in [0.25, 0.3) is 5.91 Å². The average molecular weight is 346 g/mol. The smallest absolute Gasteiger partial charge is 0.256 e. The lowest BCUT2D eigenvalue weighted by atomic mass is 10.1. The van der Waals surface area contributed by atoms with Gasteiger partial charge in [-0.2, -0.15) is 0 Å². The highest BCUT2D eigenvalue weighted by atomic mass is 16.2. The van der Waals surface area contributed by atoms with Gasteiger partial charge in [-0.25, -0.2) is 4.98 Å². The first kappa shape index (κ1) is 17.2. The monoisotopic (exact) mass is 346 g/mol. The third-order valence-electron chi connectivity index (χ3n) is 3.70. The Balaban J connectivity index is 1.79. The highest BCUT2D eigenvalue weighted by Crippen LogP contribution is 2.23. The van der Waals surface area contributed by atoms with Gasteiger partial charge in [0.15, 0.2) is 5.82 Å². The van der Waals surface area contributed by atoms with Crippen molar-refractivity contribution in [2.75, 3.05) is 16.4 Å². The first-order chi connectivity index (χ1) is 12.5. The molecule has 0 atom stereocenters. The summed E-state index contributed by atoms with van der Waals surface area (Å²) < 4.78 is 0. The highest BCUT2D eigenvalue weighted by Gasteiger charge is 2.11. The van der Waals surface area contributed by atoms with E-state index in [4.69, 9.17) is 5.73 Å². The van der Waals surface area contributed by atoms with Crippen molar-refractivity contribution in [1.29, 1.82) is 0 Å². The number of rotatable bonds is 4. The van der Waals surface area contributed by atoms with Crippen LogP contribution in [0.1, 0.15) is 17.3 Å². The summed E-state index contributed by atoms with van der Waals surface area (Å²) in [6.45, 7) is 1.43. The molecule has 0 saturated heterocycles. The minimum Gasteiger partial charge on any atom is -0.396 e. The predicted molar refractivity (Wildman–Crippen MR) is 103 cm³/mol. The number of amides is 2. The van der Waals surface area contributed by atoms with E-state index in [9.17, 15) is 9.59 Å². The molecule has 0 aliphatic rings. The summed E-state index contributed by atoms with van der Waals surface area (Å²) in [5, 5.41) is 5.39. The molecular weight excluding hydrogens is 328 g/mol. The van der Waals surface area contributed by atoms with Crippen molar-refractivity contribution in [1.82, 2.24) is 4.98 Å². The fourth-order valence-corrected chi connectivity index (χ4v) is 2.43. The van der Waals surface area contributed by atoms with Crippen molar-refractivity contribution in [2.45, 2.75) is 6.92 Å². The van der Waals surface area contributed by atoms with Gasteiger partial charge in [0.2, 0.25) is 5.91 Å². The molecule has 0 spiro atoms. The molecule has 0 fully saturated rings. The van der Waals surface area contributed by atoms with Gasteiger partial charge in [-0.3, -0.25) is 9.59 Å². The lowest BCUT2D eigenvalue weighted by Crippen LogP contribution is -2.15. The number of hydrogen-bond donors (Lipinski definition) is 3. The maximum atomic E-state index is 12.5. The Labute approximate surface area is 151 Å². The van der Waals surface area contributed by atoms with Crippen LogP contribution in [0.3, 0.4) is 0 Å². The van der Waals surface area contributed by atoms with Gasteiger partial charge in [-0.15, -0.1) is 0 Å². The molecule has 26 heavy (non-hydrogen) atoms. The molecule has 3 aromatic rings. The van der Waals surface area contributed by atoms with E-state index in [1.165, 1.54) is 6.92 Å². The second kappa shape index (κ2) is 7.48. The van der Waals surface area contributed by atoms with Crippen molar-refractivity contribution < 1.29 is 9.59 Å². The molecule has 0 saturated carbocycles. The quantitative estimate of drug-likeness (QED) is 0.673. The summed E-state index contributed by atoms with van der Waals surface area (Å²) in [5.41, 5.74) is 9.04. The lowest BCUT2D eigenvalue weighted by molar-refractivity contribution is -0.114. The summed E-state index contributed by atoms with van der Waals surface area (Å²) in [6, 6.07) is 19.7. The van der Waals surface area contributed by atoms with Crippen LogP contribution in [-0.2, 0) is 4.79 Å². The summed E-state index contributed by atoms with van der Waals surface area (Å²) in [5.74, 6) is -0.192. The Morgan fingerprint density at radius 1 is 0.885 bits per heavy atom. The summed E-state index contributed by atoms with van der Waals surface area (Å²) in [7, 11) is 0. The Bertz CT molecular complexity index is 938. The van der Waals surface area contributed by atoms with Gasteiger partial charge in [-0.1, -0.05) is 30.3 Å². The van der Waals surface area contributed by atoms with E-state index in [0.29, 0.717) is 22.8 Å². The minimum absolute atomic E-state index is 0.170. The molecule has 2 aromatic carbocycles. The molecule has 4 N–H and O–H groups in total. The van der Waals surface area contributed by atoms with Crippen LogP contribution < -0.4 is 16.4 Å². The SMILES string of the molecule is CC(=O)Nc1ccc(C(=O)Nc2nc(-c3ccccc3)ccc2N)cc1. The molecule has 130 valence electrons. The molecule has 3 rings (SSSR count). The fourth-order valence-electron chi connectivity index (χ4n) is 2.43. The molecule has 1 heterocycles. The van der Waals surface area contributed by atoms with Gasteiger partial charge < -0.3 is 16.4 Å². The topological polar surface area (TPSA) is 97.1 Å². The molecule has 0 aliphatic carbocycles. The van der Waals surface area contributed by atoms with Gasteiger partial charge in [0.1, 0.15) is 0 Å². The van der Waals surface area contributed by atoms with E-state index in [1.54, 1.807) is 30.3 Å². The second-order valence-corrected chi connectivity index (χ2v) is 5.71. The number of nitrogens with one attached hydrogen (secondary N) is 2. The number of nitrogen functional groups attached to an aromatic ring is 1. The van der Waals surface area contributed by atoms with Crippen LogP contribution in [0.25, 0.3) is 11.3 Å². The molecule has 0 bridgehead atoms. The first-order valence-electron chi connectivity index (χ1n) is 8.04. The van der Waals surface area contributed by atoms with Crippen LogP contribution in [0.4, 0.5) is 17.2 Å². The second-order valence-electron chi connectivity index (χ2n) is 5.71. The Hall–Kier alpha value is -3.67. The van der Waals surface area contributed by atoms with Crippen molar-refractivity contribution in [3.63, 3.8) is 0 Å². The van der Waals surface area contributed by atoms with Crippen LogP contribution in [-0.4, -0.2) is 16.8 Å². The Morgan fingerprint density at radius 3 is 2.23 bits per heavy atom. The van der Waals surface area contributed by atoms with Crippen LogP contribution in [0.5, 0.6) is 0 Å². The van der Waals surface area contributed by atoms with Gasteiger partial charge in [0.05, 0.1) is 11.4 Å². The zero-order valence-electron chi connectivity index (χ0n) is 14.2. The van der Waals surface area contributed by atoms with Crippen molar-refractivity contribution in [2.24, 2.45) is 0 Å². The molecule has 6 nitrogen and oxygen atoms in total. The van der Waals surface area contributed by atoms with Crippen molar-refractivity contribution in [3.05, 3.63) is 72.3 Å². The molecule has 1 aromatic heterocycles. The minimum atomic E-state index is -0.330. The van der Waals surface area contributed by atoms with Crippen LogP contribution >= 0.6 is 0 Å². The number of aromatic nitrogens is 1. The van der Waals surface area contributed by atoms with E-state index in [-0.39, 0.29) is 11.8 Å². The number of nitrogens with two attached hydrogens (primary N) is 1. The number of carbonyl (C=O) groups excluding carboxylic acids is 2. The maximum Gasteiger partial charge on any atom is 0.256 e. The van der Waals surface area contributed by atoms with Crippen molar-refractivity contribution in [3.8, 4) is 11.3 Å². The standard InChI is InChI=1S/C20H18N4O2/c1-13(25)22-16-9-7-15(8-10-16)20(26)24-19-17(21)11-12-18(23-19)14-5-3-2-4-6-14/h2-12H,21H2,1H3,(H,22,25)(H,23,24,26). The van der Waals surface area contributed by atoms with E-state index < -0.39 is 0 Å². The summed E-state index contributed by atoms with van der Waals surface area (Å²) >= 11 is 0. The summed E-state index contributed by atoms with van der Waals surface area (Å²) in [4.78, 5) is 28.0. The molecule has 0 aliphatic heterocycles. The van der Waals surface area contributed by atoms with Crippen molar-refractivity contribution >= 4 is 29.0 Å². The van der Waals surface area contributed by atoms with Gasteiger partial charge >= 0.3 is 0 Å². The van der Waals surface area contributed by atoms with Crippen LogP contribution in [0.2, 0.25) is 0 Å². The predicted octanol–water partition coefficient (Wildman–Crippen LogP) is 3.54. The lowest BCUT2D eigenvalue weighted by Gasteiger charge is -2.10. The molecule has 0 radical (unpaired) electrons. The maximum absolute atomic E-state index is 12.5.